The van der Waals surface area contributed by atoms with E-state index in [1.54, 1.807) is 6.20 Å². The molecule has 0 atom stereocenters. The molecule has 2 N–H and O–H groups in total. The lowest BCUT2D eigenvalue weighted by Gasteiger charge is -2.40. The van der Waals surface area contributed by atoms with E-state index < -0.39 is 0 Å². The van der Waals surface area contributed by atoms with E-state index in [4.69, 9.17) is 16.6 Å². The van der Waals surface area contributed by atoms with Gasteiger partial charge in [0.15, 0.2) is 5.82 Å². The number of halogens is 1. The molecule has 0 bridgehead atoms. The number of fused-ring (bicyclic) bond motifs is 2. The Bertz CT molecular complexity index is 1310. The van der Waals surface area contributed by atoms with Gasteiger partial charge in [0.25, 0.3) is 0 Å². The molecule has 1 saturated heterocycles. The summed E-state index contributed by atoms with van der Waals surface area (Å²) >= 11 is 6.03. The van der Waals surface area contributed by atoms with Gasteiger partial charge in [0, 0.05) is 31.2 Å². The highest BCUT2D eigenvalue weighted by Gasteiger charge is 2.40. The van der Waals surface area contributed by atoms with Gasteiger partial charge in [0.05, 0.1) is 28.8 Å². The molecule has 7 nitrogen and oxygen atoms in total. The molecule has 196 valence electrons. The molecule has 6 rings (SSSR count). The largest absolute Gasteiger partial charge is 0.355 e. The van der Waals surface area contributed by atoms with Crippen molar-refractivity contribution in [3.8, 4) is 0 Å². The molecule has 1 fully saturated rings. The van der Waals surface area contributed by atoms with E-state index in [-0.39, 0.29) is 0 Å². The topological polar surface area (TPSA) is 85.2 Å². The van der Waals surface area contributed by atoms with Crippen LogP contribution < -0.4 is 10.6 Å². The van der Waals surface area contributed by atoms with Crippen molar-refractivity contribution in [3.63, 3.8) is 0 Å². The van der Waals surface area contributed by atoms with Crippen LogP contribution in [0.15, 0.2) is 49.1 Å². The first-order valence-corrected chi connectivity index (χ1v) is 13.4. The average molecular weight is 520 g/mol. The fourth-order valence-corrected chi connectivity index (χ4v) is 5.71. The Morgan fingerprint density at radius 1 is 0.973 bits per heavy atom. The fourth-order valence-electron chi connectivity index (χ4n) is 5.38. The maximum atomic E-state index is 6.03. The quantitative estimate of drug-likeness (QED) is 0.373. The molecule has 37 heavy (non-hydrogen) atoms. The van der Waals surface area contributed by atoms with E-state index in [0.29, 0.717) is 11.3 Å². The number of piperidine rings is 1. The molecule has 2 aliphatic rings. The molecule has 8 heteroatoms. The van der Waals surface area contributed by atoms with Gasteiger partial charge in [-0.15, -0.1) is 0 Å². The summed E-state index contributed by atoms with van der Waals surface area (Å²) in [6.07, 6.45) is 12.3. The van der Waals surface area contributed by atoms with Gasteiger partial charge in [0.1, 0.15) is 5.52 Å². The van der Waals surface area contributed by atoms with Crippen molar-refractivity contribution in [1.82, 2.24) is 24.6 Å². The smallest absolute Gasteiger partial charge is 0.154 e. The van der Waals surface area contributed by atoms with Crippen LogP contribution in [0.1, 0.15) is 60.8 Å². The van der Waals surface area contributed by atoms with Crippen molar-refractivity contribution >= 4 is 22.9 Å². The molecule has 1 spiro atoms. The molecule has 4 aromatic rings. The summed E-state index contributed by atoms with van der Waals surface area (Å²) in [7, 11) is 1.50. The molecule has 0 amide bonds. The van der Waals surface area contributed by atoms with E-state index >= 15 is 0 Å². The van der Waals surface area contributed by atoms with Gasteiger partial charge in [-0.2, -0.15) is 5.10 Å². The van der Waals surface area contributed by atoms with Gasteiger partial charge in [-0.05, 0) is 87.2 Å². The molecule has 4 aromatic heterocycles. The van der Waals surface area contributed by atoms with Gasteiger partial charge in [0.2, 0.25) is 0 Å². The molecule has 5 heterocycles. The molecule has 1 aliphatic heterocycles. The number of hydrogen-bond donors (Lipinski definition) is 1. The monoisotopic (exact) mass is 519 g/mol. The lowest BCUT2D eigenvalue weighted by molar-refractivity contribution is 0.231. The minimum absolute atomic E-state index is 0.405. The van der Waals surface area contributed by atoms with Crippen LogP contribution in [0.25, 0.3) is 5.52 Å². The van der Waals surface area contributed by atoms with Crippen LogP contribution in [0.3, 0.4) is 0 Å². The van der Waals surface area contributed by atoms with Crippen LogP contribution in [0, 0.1) is 19.3 Å². The van der Waals surface area contributed by atoms with Crippen molar-refractivity contribution in [2.75, 3.05) is 25.0 Å². The highest BCUT2D eigenvalue weighted by molar-refractivity contribution is 6.32. The van der Waals surface area contributed by atoms with Gasteiger partial charge in [-0.3, -0.25) is 9.97 Å². The van der Waals surface area contributed by atoms with E-state index in [1.807, 2.05) is 43.0 Å². The molecule has 0 saturated carbocycles. The van der Waals surface area contributed by atoms with E-state index in [1.165, 1.54) is 37.6 Å². The maximum absolute atomic E-state index is 6.03. The molecule has 0 unspecified atom stereocenters. The highest BCUT2D eigenvalue weighted by Crippen LogP contribution is 2.44. The first-order chi connectivity index (χ1) is 17.8. The van der Waals surface area contributed by atoms with Crippen molar-refractivity contribution < 1.29 is 0 Å². The predicted octanol–water partition coefficient (Wildman–Crippen LogP) is 5.56. The minimum atomic E-state index is 0.405. The normalized spacial score (nSPS) is 15.7. The number of rotatable bonds is 2. The predicted molar refractivity (Wildman–Crippen MR) is 151 cm³/mol. The number of nitrogens with zero attached hydrogens (tertiary/aromatic N) is 6. The molecule has 0 radical (unpaired) electrons. The Morgan fingerprint density at radius 2 is 1.73 bits per heavy atom. The number of hydrogen-bond acceptors (Lipinski definition) is 6. The Hall–Kier alpha value is -3.03. The highest BCUT2D eigenvalue weighted by atomic mass is 35.5. The van der Waals surface area contributed by atoms with E-state index in [2.05, 4.69) is 57.7 Å². The van der Waals surface area contributed by atoms with Crippen LogP contribution in [0.4, 0.5) is 5.82 Å². The van der Waals surface area contributed by atoms with Gasteiger partial charge < -0.3 is 10.6 Å². The number of anilines is 1. The average Bonchev–Trinajstić information content (AvgIpc) is 3.51. The van der Waals surface area contributed by atoms with Gasteiger partial charge in [-0.1, -0.05) is 31.5 Å². The van der Waals surface area contributed by atoms with Crippen LogP contribution >= 0.6 is 11.6 Å². The Labute approximate surface area is 225 Å². The van der Waals surface area contributed by atoms with Crippen molar-refractivity contribution in [1.29, 1.82) is 0 Å². The zero-order valence-corrected chi connectivity index (χ0v) is 23.3. The summed E-state index contributed by atoms with van der Waals surface area (Å²) in [6, 6.07) is 8.30. The molecular formula is C29H38ClN7. The second kappa shape index (κ2) is 11.6. The first kappa shape index (κ1) is 27.0. The summed E-state index contributed by atoms with van der Waals surface area (Å²) in [4.78, 5) is 16.0. The van der Waals surface area contributed by atoms with Crippen molar-refractivity contribution in [2.45, 2.75) is 59.3 Å². The minimum Gasteiger partial charge on any atom is -0.355 e. The van der Waals surface area contributed by atoms with E-state index in [9.17, 15) is 0 Å². The Kier molecular flexibility index (Phi) is 8.45. The number of aryl methyl sites for hydroxylation is 2. The summed E-state index contributed by atoms with van der Waals surface area (Å²) in [5.74, 6) is 1.48. The van der Waals surface area contributed by atoms with Gasteiger partial charge in [-0.25, -0.2) is 9.50 Å². The number of nitrogens with two attached hydrogens (primary N) is 1. The maximum Gasteiger partial charge on any atom is 0.154 e. The third-order valence-electron chi connectivity index (χ3n) is 7.36. The van der Waals surface area contributed by atoms with Crippen molar-refractivity contribution in [2.24, 2.45) is 11.1 Å². The Balaban J connectivity index is 0.000000208. The zero-order chi connectivity index (χ0) is 26.6. The van der Waals surface area contributed by atoms with E-state index in [0.717, 1.165) is 52.8 Å². The van der Waals surface area contributed by atoms with Crippen LogP contribution in [0.2, 0.25) is 5.02 Å². The standard InChI is InChI=1S/C19H21N5.C9H12ClN.CH5N/c1-14-13-24-17(4-8-21-24)18(22-14)23-9-5-19(6-10-23)11-15-3-2-7-20-16(15)12-19;1-6(2)9-8(10)7(3)4-5-11-9;1-2/h2-4,7-8,13H,5-6,9-12H2,1H3;4-6H,1-3H3;2H2,1H3. The summed E-state index contributed by atoms with van der Waals surface area (Å²) in [6.45, 7) is 10.3. The van der Waals surface area contributed by atoms with Gasteiger partial charge >= 0.3 is 0 Å². The Morgan fingerprint density at radius 3 is 2.41 bits per heavy atom. The zero-order valence-electron chi connectivity index (χ0n) is 22.6. The third kappa shape index (κ3) is 5.78. The van der Waals surface area contributed by atoms with Crippen molar-refractivity contribution in [3.05, 3.63) is 82.3 Å². The lowest BCUT2D eigenvalue weighted by atomic mass is 9.76. The summed E-state index contributed by atoms with van der Waals surface area (Å²) in [5.41, 5.74) is 11.9. The first-order valence-electron chi connectivity index (χ1n) is 13.0. The second-order valence-corrected chi connectivity index (χ2v) is 10.7. The number of pyridine rings is 2. The van der Waals surface area contributed by atoms with Crippen LogP contribution in [0.5, 0.6) is 0 Å². The SMILES string of the molecule is CN.Cc1ccnc(C(C)C)c1Cl.Cc1cn2nccc2c(N2CCC3(CC2)Cc2cccnc2C3)n1. The molecule has 0 aromatic carbocycles. The lowest BCUT2D eigenvalue weighted by Crippen LogP contribution is -2.41. The fraction of sp³-hybridized carbons (Fsp3) is 0.448. The number of aromatic nitrogens is 5. The summed E-state index contributed by atoms with van der Waals surface area (Å²) < 4.78 is 1.94. The second-order valence-electron chi connectivity index (χ2n) is 10.3. The van der Waals surface area contributed by atoms with Crippen LogP contribution in [-0.2, 0) is 12.8 Å². The summed E-state index contributed by atoms with van der Waals surface area (Å²) in [5, 5.41) is 5.18. The molecular weight excluding hydrogens is 482 g/mol. The molecule has 1 aliphatic carbocycles. The van der Waals surface area contributed by atoms with Crippen LogP contribution in [-0.4, -0.2) is 44.7 Å². The third-order valence-corrected chi connectivity index (χ3v) is 7.85.